The van der Waals surface area contributed by atoms with Crippen LogP contribution in [-0.2, 0) is 24.3 Å². The van der Waals surface area contributed by atoms with E-state index >= 15 is 0 Å². The fraction of sp³-hybridized carbons (Fsp3) is 0.308. The Balaban J connectivity index is 1.76. The molecule has 10 nitrogen and oxygen atoms in total. The number of primary sulfonamides is 1. The van der Waals surface area contributed by atoms with Gasteiger partial charge in [-0.15, -0.1) is 0 Å². The van der Waals surface area contributed by atoms with Gasteiger partial charge in [-0.05, 0) is 53.8 Å². The number of rotatable bonds is 4. The highest BCUT2D eigenvalue weighted by Gasteiger charge is 2.46. The van der Waals surface area contributed by atoms with Gasteiger partial charge in [-0.25, -0.2) is 18.4 Å². The van der Waals surface area contributed by atoms with E-state index in [1.54, 1.807) is 35.2 Å². The molecule has 11 heteroatoms. The Labute approximate surface area is 214 Å². The average Bonchev–Trinajstić information content (AvgIpc) is 3.29. The van der Waals surface area contributed by atoms with Gasteiger partial charge in [0.05, 0.1) is 23.5 Å². The third kappa shape index (κ3) is 4.23. The lowest BCUT2D eigenvalue weighted by Crippen LogP contribution is -2.43. The van der Waals surface area contributed by atoms with Crippen molar-refractivity contribution in [3.05, 3.63) is 70.7 Å². The highest BCUT2D eigenvalue weighted by Crippen LogP contribution is 2.51. The predicted molar refractivity (Wildman–Crippen MR) is 134 cm³/mol. The number of methoxy groups -OCH3 is 1. The first-order valence-corrected chi connectivity index (χ1v) is 13.1. The van der Waals surface area contributed by atoms with Crippen molar-refractivity contribution in [1.29, 1.82) is 0 Å². The molecule has 0 aromatic heterocycles. The maximum absolute atomic E-state index is 13.7. The Kier molecular flexibility index (Phi) is 5.80. The molecule has 4 N–H and O–H groups in total. The Morgan fingerprint density at radius 3 is 2.41 bits per heavy atom. The van der Waals surface area contributed by atoms with E-state index in [-0.39, 0.29) is 40.7 Å². The number of carbonyl (C=O) groups is 2. The topological polar surface area (TPSA) is 151 Å². The molecule has 0 bridgehead atoms. The molecule has 3 aliphatic rings. The molecule has 1 atom stereocenters. The van der Waals surface area contributed by atoms with E-state index in [1.165, 1.54) is 19.2 Å². The SMILES string of the molecule is COC(=O)C1=C(N)N(c2ccc(S(N)(=O)=O)cc2)C2=C(C(=O)CC(C)(C)C2)[C@H]1c1ccc2c(c1)OCO2. The van der Waals surface area contributed by atoms with Crippen LogP contribution < -0.4 is 25.2 Å². The summed E-state index contributed by atoms with van der Waals surface area (Å²) in [5, 5.41) is 5.26. The number of ether oxygens (including phenoxy) is 3. The number of sulfonamides is 1. The van der Waals surface area contributed by atoms with E-state index in [1.807, 2.05) is 13.8 Å². The molecule has 1 aliphatic carbocycles. The fourth-order valence-corrected chi connectivity index (χ4v) is 5.74. The maximum atomic E-state index is 13.7. The smallest absolute Gasteiger partial charge is 0.338 e. The molecule has 0 unspecified atom stereocenters. The lowest BCUT2D eigenvalue weighted by Gasteiger charge is -2.44. The second-order valence-electron chi connectivity index (χ2n) is 10.0. The summed E-state index contributed by atoms with van der Waals surface area (Å²) in [5.74, 6) is -0.433. The summed E-state index contributed by atoms with van der Waals surface area (Å²) >= 11 is 0. The van der Waals surface area contributed by atoms with Crippen molar-refractivity contribution < 1.29 is 32.2 Å². The number of hydrogen-bond donors (Lipinski definition) is 2. The lowest BCUT2D eigenvalue weighted by molar-refractivity contribution is -0.136. The van der Waals surface area contributed by atoms with Crippen molar-refractivity contribution in [1.82, 2.24) is 0 Å². The molecule has 0 fully saturated rings. The van der Waals surface area contributed by atoms with E-state index in [2.05, 4.69) is 0 Å². The van der Waals surface area contributed by atoms with Crippen molar-refractivity contribution in [2.75, 3.05) is 18.8 Å². The van der Waals surface area contributed by atoms with Gasteiger partial charge in [-0.1, -0.05) is 19.9 Å². The minimum Gasteiger partial charge on any atom is -0.466 e. The highest BCUT2D eigenvalue weighted by molar-refractivity contribution is 7.89. The molecule has 0 amide bonds. The summed E-state index contributed by atoms with van der Waals surface area (Å²) in [6.07, 6.45) is 0.765. The number of hydrogen-bond acceptors (Lipinski definition) is 9. The molecule has 37 heavy (non-hydrogen) atoms. The Morgan fingerprint density at radius 2 is 1.76 bits per heavy atom. The number of ketones is 1. The number of allylic oxidation sites excluding steroid dienone is 2. The summed E-state index contributed by atoms with van der Waals surface area (Å²) < 4.78 is 39.7. The van der Waals surface area contributed by atoms with Crippen molar-refractivity contribution in [3.8, 4) is 11.5 Å². The largest absolute Gasteiger partial charge is 0.466 e. The molecule has 194 valence electrons. The summed E-state index contributed by atoms with van der Waals surface area (Å²) in [4.78, 5) is 28.5. The van der Waals surface area contributed by atoms with Gasteiger partial charge in [0.1, 0.15) is 5.82 Å². The lowest BCUT2D eigenvalue weighted by atomic mass is 9.68. The second-order valence-corrected chi connectivity index (χ2v) is 11.6. The standard InChI is InChI=1S/C26H27N3O7S/c1-26(2)11-17-22(18(30)12-26)21(14-4-9-19-20(10-14)36-13-35-19)23(25(31)34-3)24(27)29(17)15-5-7-16(8-6-15)37(28,32)33/h4-10,21H,11-13,27H2,1-3H3,(H2,28,32,33)/t21-/m1/s1. The third-order valence-corrected chi connectivity index (χ3v) is 7.75. The molecule has 2 heterocycles. The highest BCUT2D eigenvalue weighted by atomic mass is 32.2. The molecular formula is C26H27N3O7S. The van der Waals surface area contributed by atoms with Gasteiger partial charge >= 0.3 is 5.97 Å². The van der Waals surface area contributed by atoms with Gasteiger partial charge in [-0.3, -0.25) is 9.69 Å². The molecule has 0 radical (unpaired) electrons. The Bertz CT molecular complexity index is 1490. The number of Topliss-reactive ketones (excluding diaryl/α,β-unsaturated/α-hetero) is 1. The summed E-state index contributed by atoms with van der Waals surface area (Å²) in [7, 11) is -2.67. The van der Waals surface area contributed by atoms with E-state index in [0.29, 0.717) is 40.4 Å². The van der Waals surface area contributed by atoms with E-state index in [0.717, 1.165) is 0 Å². The summed E-state index contributed by atoms with van der Waals surface area (Å²) in [5.41, 5.74) is 8.61. The van der Waals surface area contributed by atoms with Gasteiger partial charge in [-0.2, -0.15) is 0 Å². The zero-order valence-electron chi connectivity index (χ0n) is 20.6. The third-order valence-electron chi connectivity index (χ3n) is 6.82. The van der Waals surface area contributed by atoms with Gasteiger partial charge in [0.15, 0.2) is 17.3 Å². The minimum atomic E-state index is -3.92. The number of nitrogens with zero attached hydrogens (tertiary/aromatic N) is 1. The van der Waals surface area contributed by atoms with Crippen LogP contribution in [0.2, 0.25) is 0 Å². The zero-order valence-corrected chi connectivity index (χ0v) is 21.4. The predicted octanol–water partition coefficient (Wildman–Crippen LogP) is 2.65. The first-order chi connectivity index (χ1) is 17.4. The van der Waals surface area contributed by atoms with Gasteiger partial charge in [0, 0.05) is 23.4 Å². The molecule has 5 rings (SSSR count). The van der Waals surface area contributed by atoms with Gasteiger partial charge in [0.25, 0.3) is 0 Å². The normalized spacial score (nSPS) is 20.7. The van der Waals surface area contributed by atoms with Crippen LogP contribution in [0, 0.1) is 5.41 Å². The maximum Gasteiger partial charge on any atom is 0.338 e. The second kappa shape index (κ2) is 8.63. The number of anilines is 1. The van der Waals surface area contributed by atoms with Crippen molar-refractivity contribution >= 4 is 27.5 Å². The van der Waals surface area contributed by atoms with Gasteiger partial charge < -0.3 is 19.9 Å². The summed E-state index contributed by atoms with van der Waals surface area (Å²) in [6, 6.07) is 11.1. The fourth-order valence-electron chi connectivity index (χ4n) is 5.23. The number of esters is 1. The number of nitrogens with two attached hydrogens (primary N) is 2. The molecule has 0 saturated heterocycles. The van der Waals surface area contributed by atoms with Crippen LogP contribution in [0.5, 0.6) is 11.5 Å². The average molecular weight is 526 g/mol. The van der Waals surface area contributed by atoms with Crippen LogP contribution >= 0.6 is 0 Å². The molecule has 2 aliphatic heterocycles. The first kappa shape index (κ1) is 24.8. The van der Waals surface area contributed by atoms with E-state index < -0.39 is 21.9 Å². The van der Waals surface area contributed by atoms with Crippen LogP contribution in [-0.4, -0.2) is 34.1 Å². The van der Waals surface area contributed by atoms with Crippen molar-refractivity contribution in [2.45, 2.75) is 37.5 Å². The van der Waals surface area contributed by atoms with Crippen molar-refractivity contribution in [2.24, 2.45) is 16.3 Å². The quantitative estimate of drug-likeness (QED) is 0.574. The Morgan fingerprint density at radius 1 is 1.08 bits per heavy atom. The van der Waals surface area contributed by atoms with Crippen LogP contribution in [0.15, 0.2) is 70.0 Å². The zero-order chi connectivity index (χ0) is 26.7. The number of benzene rings is 2. The van der Waals surface area contributed by atoms with Crippen LogP contribution in [0.1, 0.15) is 38.2 Å². The summed E-state index contributed by atoms with van der Waals surface area (Å²) in [6.45, 7) is 4.05. The van der Waals surface area contributed by atoms with E-state index in [4.69, 9.17) is 25.1 Å². The van der Waals surface area contributed by atoms with E-state index in [9.17, 15) is 18.0 Å². The monoisotopic (exact) mass is 525 g/mol. The number of carbonyl (C=O) groups excluding carboxylic acids is 2. The Hall–Kier alpha value is -3.83. The molecule has 2 aromatic rings. The molecular weight excluding hydrogens is 498 g/mol. The molecule has 0 spiro atoms. The van der Waals surface area contributed by atoms with Crippen LogP contribution in [0.3, 0.4) is 0 Å². The van der Waals surface area contributed by atoms with Crippen LogP contribution in [0.25, 0.3) is 0 Å². The number of fused-ring (bicyclic) bond motifs is 1. The van der Waals surface area contributed by atoms with Crippen molar-refractivity contribution in [3.63, 3.8) is 0 Å². The van der Waals surface area contributed by atoms with Crippen LogP contribution in [0.4, 0.5) is 5.69 Å². The minimum absolute atomic E-state index is 0.0727. The molecule has 0 saturated carbocycles. The van der Waals surface area contributed by atoms with Gasteiger partial charge in [0.2, 0.25) is 16.8 Å². The molecule has 2 aromatic carbocycles. The first-order valence-electron chi connectivity index (χ1n) is 11.6.